The van der Waals surface area contributed by atoms with Gasteiger partial charge in [-0.3, -0.25) is 28.2 Å². The maximum atomic E-state index is 13.7. The van der Waals surface area contributed by atoms with Gasteiger partial charge >= 0.3 is 11.4 Å². The largest absolute Gasteiger partial charge is 0.439 e. The van der Waals surface area contributed by atoms with Gasteiger partial charge in [0.1, 0.15) is 0 Å². The van der Waals surface area contributed by atoms with Crippen LogP contribution in [-0.2, 0) is 17.9 Å². The molecule has 2 aromatic carbocycles. The Morgan fingerprint density at radius 3 is 2.11 bits per heavy atom. The highest BCUT2D eigenvalue weighted by atomic mass is 16.5. The summed E-state index contributed by atoms with van der Waals surface area (Å²) in [6.07, 6.45) is 4.85. The van der Waals surface area contributed by atoms with Crippen LogP contribution in [0, 0.1) is 12.8 Å². The molecule has 1 unspecified atom stereocenters. The lowest BCUT2D eigenvalue weighted by molar-refractivity contribution is -0.123. The normalized spacial score (nSPS) is 11.6. The number of benzene rings is 2. The third kappa shape index (κ3) is 9.02. The zero-order chi connectivity index (χ0) is 34.4. The van der Waals surface area contributed by atoms with Crippen molar-refractivity contribution in [1.82, 2.24) is 19.3 Å². The van der Waals surface area contributed by atoms with Crippen molar-refractivity contribution in [2.24, 2.45) is 5.92 Å². The molecule has 0 aliphatic rings. The summed E-state index contributed by atoms with van der Waals surface area (Å²) < 4.78 is 7.37. The van der Waals surface area contributed by atoms with Crippen LogP contribution in [-0.4, -0.2) is 25.1 Å². The van der Waals surface area contributed by atoms with Crippen molar-refractivity contribution in [3.8, 4) is 22.5 Å². The minimum atomic E-state index is -0.627. The topological polar surface area (TPSA) is 120 Å². The summed E-state index contributed by atoms with van der Waals surface area (Å²) in [4.78, 5) is 54.5. The summed E-state index contributed by atoms with van der Waals surface area (Å²) in [5.41, 5.74) is 4.39. The zero-order valence-corrected chi connectivity index (χ0v) is 28.9. The molecule has 1 atom stereocenters. The van der Waals surface area contributed by atoms with Crippen molar-refractivity contribution in [1.29, 1.82) is 0 Å². The number of Topliss-reactive ketones (excluding diaryl/α,β-unsaturated/α-hetero) is 1. The van der Waals surface area contributed by atoms with Gasteiger partial charge in [-0.2, -0.15) is 0 Å². The Kier molecular flexibility index (Phi) is 15.1. The van der Waals surface area contributed by atoms with E-state index in [-0.39, 0.29) is 24.8 Å². The molecule has 0 bridgehead atoms. The number of aromatic nitrogens is 4. The fourth-order valence-electron chi connectivity index (χ4n) is 5.15. The molecule has 0 spiro atoms. The first-order chi connectivity index (χ1) is 22.2. The van der Waals surface area contributed by atoms with Crippen LogP contribution in [0.25, 0.3) is 28.6 Å². The van der Waals surface area contributed by atoms with Crippen LogP contribution in [0.5, 0.6) is 0 Å². The Bertz CT molecular complexity index is 1770. The van der Waals surface area contributed by atoms with Gasteiger partial charge in [0.2, 0.25) is 0 Å². The number of allylic oxidation sites excluding steroid dienone is 1. The molecule has 2 aromatic heterocycles. The second kappa shape index (κ2) is 18.4. The van der Waals surface area contributed by atoms with Gasteiger partial charge in [-0.05, 0) is 55.9 Å². The lowest BCUT2D eigenvalue weighted by Gasteiger charge is -2.18. The van der Waals surface area contributed by atoms with Crippen LogP contribution in [0.4, 0.5) is 0 Å². The number of hydrogen-bond donors (Lipinski definition) is 1. The molecule has 9 nitrogen and oxygen atoms in total. The Morgan fingerprint density at radius 2 is 1.57 bits per heavy atom. The molecule has 2 heterocycles. The number of nitrogens with one attached hydrogen (secondary N) is 1. The molecule has 9 heteroatoms. The van der Waals surface area contributed by atoms with Gasteiger partial charge in [-0.25, -0.2) is 9.59 Å². The molecule has 4 rings (SSSR count). The van der Waals surface area contributed by atoms with Gasteiger partial charge in [-0.15, -0.1) is 0 Å². The fourth-order valence-corrected chi connectivity index (χ4v) is 5.15. The number of ketones is 1. The minimum absolute atomic E-state index is 0.0902. The maximum Gasteiger partial charge on any atom is 0.439 e. The van der Waals surface area contributed by atoms with Crippen molar-refractivity contribution < 1.29 is 9.32 Å². The third-order valence-corrected chi connectivity index (χ3v) is 7.81. The smallest absolute Gasteiger partial charge is 0.297 e. The Hall–Kier alpha value is -4.53. The van der Waals surface area contributed by atoms with E-state index in [1.165, 1.54) is 0 Å². The number of H-pyrrole nitrogens is 1. The van der Waals surface area contributed by atoms with Crippen molar-refractivity contribution in [3.05, 3.63) is 102 Å². The second-order valence-electron chi connectivity index (χ2n) is 10.6. The van der Waals surface area contributed by atoms with Crippen molar-refractivity contribution in [2.75, 3.05) is 0 Å². The molecule has 0 aliphatic heterocycles. The van der Waals surface area contributed by atoms with Crippen molar-refractivity contribution in [2.45, 2.75) is 101 Å². The van der Waals surface area contributed by atoms with E-state index in [9.17, 15) is 19.2 Å². The highest BCUT2D eigenvalue weighted by Crippen LogP contribution is 2.30. The summed E-state index contributed by atoms with van der Waals surface area (Å²) in [5.74, 6) is -0.561. The molecule has 0 amide bonds. The van der Waals surface area contributed by atoms with E-state index < -0.39 is 17.0 Å². The third-order valence-electron chi connectivity index (χ3n) is 7.81. The van der Waals surface area contributed by atoms with Crippen LogP contribution in [0.1, 0.15) is 97.9 Å². The number of rotatable bonds is 12. The number of carbonyl (C=O) groups excluding carboxylic acids is 1. The van der Waals surface area contributed by atoms with E-state index in [1.807, 2.05) is 110 Å². The molecule has 4 aromatic rings. The Balaban J connectivity index is 0.00000177. The van der Waals surface area contributed by atoms with Gasteiger partial charge < -0.3 is 0 Å². The Morgan fingerprint density at radius 1 is 0.935 bits per heavy atom. The molecule has 0 radical (unpaired) electrons. The summed E-state index contributed by atoms with van der Waals surface area (Å²) in [6, 6.07) is 15.2. The molecule has 46 heavy (non-hydrogen) atoms. The van der Waals surface area contributed by atoms with Gasteiger partial charge in [0, 0.05) is 17.2 Å². The van der Waals surface area contributed by atoms with Gasteiger partial charge in [0.15, 0.2) is 11.6 Å². The monoisotopic (exact) mass is 630 g/mol. The predicted octanol–water partition coefficient (Wildman–Crippen LogP) is 7.64. The first-order valence-electron chi connectivity index (χ1n) is 16.5. The fraction of sp³-hybridized carbons (Fsp3) is 0.432. The highest BCUT2D eigenvalue weighted by Gasteiger charge is 2.21. The van der Waals surface area contributed by atoms with Gasteiger partial charge in [0.25, 0.3) is 5.56 Å². The summed E-state index contributed by atoms with van der Waals surface area (Å²) in [6.45, 7) is 17.7. The number of carbonyl (C=O) groups is 1. The van der Waals surface area contributed by atoms with E-state index in [2.05, 4.69) is 14.7 Å². The minimum Gasteiger partial charge on any atom is -0.297 e. The zero-order valence-electron chi connectivity index (χ0n) is 28.9. The van der Waals surface area contributed by atoms with E-state index >= 15 is 0 Å². The number of hydrogen-bond acceptors (Lipinski definition) is 6. The van der Waals surface area contributed by atoms with Crippen LogP contribution < -0.4 is 17.0 Å². The predicted molar refractivity (Wildman–Crippen MR) is 187 cm³/mol. The molecular weight excluding hydrogens is 580 g/mol. The molecule has 0 saturated carbocycles. The quantitative estimate of drug-likeness (QED) is 0.172. The molecule has 1 N–H and O–H groups in total. The molecule has 0 fully saturated rings. The molecular formula is C37H50N4O5. The molecule has 0 aliphatic carbocycles. The lowest BCUT2D eigenvalue weighted by atomic mass is 9.96. The number of aromatic amines is 1. The average molecular weight is 631 g/mol. The SMILES string of the molecule is CC.CC.CCCC(CC)C(=O)Cn1c(=O)c(/C=C(\C)CC)c(C)n(Cc2ccc(-c3ccccc3-c3noc(=O)[nH]3)cc2)c1=O. The van der Waals surface area contributed by atoms with Crippen LogP contribution in [0.3, 0.4) is 0 Å². The van der Waals surface area contributed by atoms with E-state index in [4.69, 9.17) is 0 Å². The lowest BCUT2D eigenvalue weighted by Crippen LogP contribution is -2.44. The molecule has 0 saturated heterocycles. The van der Waals surface area contributed by atoms with Crippen molar-refractivity contribution >= 4 is 11.9 Å². The highest BCUT2D eigenvalue weighted by molar-refractivity contribution is 5.81. The summed E-state index contributed by atoms with van der Waals surface area (Å²) >= 11 is 0. The number of nitrogens with zero attached hydrogens (tertiary/aromatic N) is 3. The first-order valence-corrected chi connectivity index (χ1v) is 16.5. The van der Waals surface area contributed by atoms with Crippen LogP contribution in [0.2, 0.25) is 0 Å². The van der Waals surface area contributed by atoms with Crippen molar-refractivity contribution in [3.63, 3.8) is 0 Å². The second-order valence-corrected chi connectivity index (χ2v) is 10.6. The van der Waals surface area contributed by atoms with E-state index in [0.717, 1.165) is 51.7 Å². The van der Waals surface area contributed by atoms with Crippen LogP contribution >= 0.6 is 0 Å². The summed E-state index contributed by atoms with van der Waals surface area (Å²) in [5, 5.41) is 3.82. The standard InChI is InChI=1S/C33H38N4O5.2C2H6/c1-6-11-24(8-3)29(38)20-37-31(39)28(18-21(4)7-2)22(5)36(33(37)41)19-23-14-16-25(17-15-23)26-12-9-10-13-27(26)30-34-32(40)42-35-30;2*1-2/h9-10,12-18,24H,6-8,11,19-20H2,1-5H3,(H,34,35,40);2*1-2H3/b21-18+;;. The summed E-state index contributed by atoms with van der Waals surface area (Å²) in [7, 11) is 0. The van der Waals surface area contributed by atoms with E-state index in [0.29, 0.717) is 23.5 Å². The Labute approximate surface area is 272 Å². The van der Waals surface area contributed by atoms with Gasteiger partial charge in [-0.1, -0.05) is 114 Å². The maximum absolute atomic E-state index is 13.7. The average Bonchev–Trinajstić information content (AvgIpc) is 3.53. The van der Waals surface area contributed by atoms with E-state index in [1.54, 1.807) is 11.5 Å². The van der Waals surface area contributed by atoms with Gasteiger partial charge in [0.05, 0.1) is 18.7 Å². The molecule has 248 valence electrons. The van der Waals surface area contributed by atoms with Crippen LogP contribution in [0.15, 0.2) is 73.0 Å². The first kappa shape index (κ1) is 37.7.